The van der Waals surface area contributed by atoms with Crippen molar-refractivity contribution in [2.75, 3.05) is 25.6 Å². The topological polar surface area (TPSA) is 108 Å². The first kappa shape index (κ1) is 25.9. The molecule has 0 fully saturated rings. The fourth-order valence-electron chi connectivity index (χ4n) is 3.96. The van der Waals surface area contributed by atoms with Gasteiger partial charge in [-0.1, -0.05) is 23.5 Å². The van der Waals surface area contributed by atoms with Gasteiger partial charge in [0.2, 0.25) is 0 Å². The maximum atomic E-state index is 13.6. The minimum absolute atomic E-state index is 0.203. The average Bonchev–Trinajstić information content (AvgIpc) is 3.21. The Morgan fingerprint density at radius 3 is 2.30 bits per heavy atom. The van der Waals surface area contributed by atoms with E-state index in [1.165, 1.54) is 15.9 Å². The van der Waals surface area contributed by atoms with Crippen LogP contribution in [0.25, 0.3) is 6.20 Å². The summed E-state index contributed by atoms with van der Waals surface area (Å²) in [4.78, 5) is 43.4. The normalized spacial score (nSPS) is 15.0. The molecule has 0 saturated carbocycles. The second-order valence-electron chi connectivity index (χ2n) is 8.02. The van der Waals surface area contributed by atoms with Gasteiger partial charge in [-0.3, -0.25) is 9.36 Å². The number of benzene rings is 2. The van der Waals surface area contributed by atoms with Crippen LogP contribution in [-0.2, 0) is 14.3 Å². The number of esters is 2. The minimum Gasteiger partial charge on any atom is -0.497 e. The number of ether oxygens (including phenoxy) is 3. The molecule has 1 aromatic heterocycles. The zero-order valence-electron chi connectivity index (χ0n) is 20.9. The van der Waals surface area contributed by atoms with Crippen molar-refractivity contribution < 1.29 is 23.8 Å². The highest BCUT2D eigenvalue weighted by Crippen LogP contribution is 2.31. The fourth-order valence-corrected chi connectivity index (χ4v) is 4.93. The van der Waals surface area contributed by atoms with E-state index in [1.807, 2.05) is 12.1 Å². The predicted molar refractivity (Wildman–Crippen MR) is 140 cm³/mol. The van der Waals surface area contributed by atoms with Gasteiger partial charge in [0.05, 0.1) is 43.2 Å². The molecule has 0 aliphatic carbocycles. The van der Waals surface area contributed by atoms with Crippen LogP contribution in [0.15, 0.2) is 69.6 Å². The molecule has 9 nitrogen and oxygen atoms in total. The summed E-state index contributed by atoms with van der Waals surface area (Å²) in [6.07, 6.45) is 1.59. The van der Waals surface area contributed by atoms with E-state index < -0.39 is 18.0 Å². The van der Waals surface area contributed by atoms with Gasteiger partial charge in [-0.15, -0.1) is 0 Å². The molecule has 0 spiro atoms. The van der Waals surface area contributed by atoms with Crippen molar-refractivity contribution in [1.82, 2.24) is 4.57 Å². The summed E-state index contributed by atoms with van der Waals surface area (Å²) in [5.74, 6) is -0.250. The number of nitrogens with one attached hydrogen (secondary N) is 1. The first-order valence-corrected chi connectivity index (χ1v) is 12.5. The molecule has 192 valence electrons. The zero-order chi connectivity index (χ0) is 26.5. The number of carbonyl (C=O) groups is 2. The van der Waals surface area contributed by atoms with E-state index in [4.69, 9.17) is 14.2 Å². The van der Waals surface area contributed by atoms with E-state index in [0.717, 1.165) is 5.56 Å². The molecule has 10 heteroatoms. The molecule has 1 atom stereocenters. The molecule has 0 amide bonds. The molecule has 2 aromatic carbocycles. The molecule has 1 aliphatic heterocycles. The van der Waals surface area contributed by atoms with E-state index in [2.05, 4.69) is 10.3 Å². The molecule has 0 unspecified atom stereocenters. The Morgan fingerprint density at radius 1 is 1.03 bits per heavy atom. The number of allylic oxidation sites excluding steroid dienone is 1. The van der Waals surface area contributed by atoms with Gasteiger partial charge in [0.1, 0.15) is 10.3 Å². The lowest BCUT2D eigenvalue weighted by atomic mass is 9.96. The van der Waals surface area contributed by atoms with Gasteiger partial charge in [0, 0.05) is 11.9 Å². The summed E-state index contributed by atoms with van der Waals surface area (Å²) in [6.45, 7) is 5.72. The smallest absolute Gasteiger partial charge is 0.338 e. The van der Waals surface area contributed by atoms with Crippen molar-refractivity contribution in [2.24, 2.45) is 4.99 Å². The minimum atomic E-state index is -0.702. The first-order chi connectivity index (χ1) is 17.9. The lowest BCUT2D eigenvalue weighted by Gasteiger charge is -2.24. The van der Waals surface area contributed by atoms with Crippen molar-refractivity contribution in [1.29, 1.82) is 0 Å². The summed E-state index contributed by atoms with van der Waals surface area (Å²) in [5, 5.41) is 3.10. The highest BCUT2D eigenvalue weighted by atomic mass is 32.1. The molecule has 37 heavy (non-hydrogen) atoms. The molecule has 0 bridgehead atoms. The molecule has 3 aromatic rings. The van der Waals surface area contributed by atoms with Crippen LogP contribution < -0.4 is 24.9 Å². The second kappa shape index (κ2) is 11.3. The monoisotopic (exact) mass is 521 g/mol. The molecule has 1 aliphatic rings. The third-order valence-electron chi connectivity index (χ3n) is 5.71. The summed E-state index contributed by atoms with van der Waals surface area (Å²) in [7, 11) is 1.57. The lowest BCUT2D eigenvalue weighted by Crippen LogP contribution is -2.40. The Morgan fingerprint density at radius 2 is 1.68 bits per heavy atom. The van der Waals surface area contributed by atoms with Crippen LogP contribution >= 0.6 is 11.3 Å². The van der Waals surface area contributed by atoms with Crippen molar-refractivity contribution in [2.45, 2.75) is 26.8 Å². The van der Waals surface area contributed by atoms with Gasteiger partial charge in [0.15, 0.2) is 4.80 Å². The SMILES string of the molecule is CCOC(=O)C1=C(C)N=c2s/c(=C\Nc3ccc(C(=O)OCC)cc3)c(=O)n2[C@H]1c1ccc(OC)cc1. The molecule has 0 saturated heterocycles. The Hall–Kier alpha value is -4.18. The zero-order valence-corrected chi connectivity index (χ0v) is 21.8. The van der Waals surface area contributed by atoms with Gasteiger partial charge in [0.25, 0.3) is 5.56 Å². The summed E-state index contributed by atoms with van der Waals surface area (Å²) in [5.41, 5.74) is 2.37. The van der Waals surface area contributed by atoms with Gasteiger partial charge in [-0.05, 0) is 62.7 Å². The van der Waals surface area contributed by atoms with E-state index in [9.17, 15) is 14.4 Å². The summed E-state index contributed by atoms with van der Waals surface area (Å²) < 4.78 is 17.5. The Bertz CT molecular complexity index is 1520. The van der Waals surface area contributed by atoms with Crippen molar-refractivity contribution in [3.63, 3.8) is 0 Å². The number of anilines is 1. The van der Waals surface area contributed by atoms with E-state index in [0.29, 0.717) is 44.2 Å². The van der Waals surface area contributed by atoms with Crippen LogP contribution in [0.1, 0.15) is 42.7 Å². The molecular formula is C27H27N3O6S. The maximum absolute atomic E-state index is 13.6. The van der Waals surface area contributed by atoms with E-state index >= 15 is 0 Å². The second-order valence-corrected chi connectivity index (χ2v) is 9.03. The molecule has 4 rings (SSSR count). The number of methoxy groups -OCH3 is 1. The van der Waals surface area contributed by atoms with Crippen LogP contribution in [0.3, 0.4) is 0 Å². The Labute approximate surface area is 217 Å². The van der Waals surface area contributed by atoms with Gasteiger partial charge < -0.3 is 19.5 Å². The van der Waals surface area contributed by atoms with Gasteiger partial charge in [-0.2, -0.15) is 0 Å². The first-order valence-electron chi connectivity index (χ1n) is 11.7. The number of nitrogens with zero attached hydrogens (tertiary/aromatic N) is 2. The fraction of sp³-hybridized carbons (Fsp3) is 0.259. The number of thiazole rings is 1. The van der Waals surface area contributed by atoms with Crippen LogP contribution in [0, 0.1) is 0 Å². The number of hydrogen-bond acceptors (Lipinski definition) is 9. The van der Waals surface area contributed by atoms with Crippen LogP contribution in [0.5, 0.6) is 5.75 Å². The van der Waals surface area contributed by atoms with Gasteiger partial charge >= 0.3 is 11.9 Å². The predicted octanol–water partition coefficient (Wildman–Crippen LogP) is 3.00. The van der Waals surface area contributed by atoms with Crippen LogP contribution in [0.2, 0.25) is 0 Å². The average molecular weight is 522 g/mol. The van der Waals surface area contributed by atoms with Crippen molar-refractivity contribution >= 4 is 35.2 Å². The molecular weight excluding hydrogens is 494 g/mol. The molecule has 2 heterocycles. The maximum Gasteiger partial charge on any atom is 0.338 e. The van der Waals surface area contributed by atoms with Crippen molar-refractivity contribution in [3.8, 4) is 5.75 Å². The number of fused-ring (bicyclic) bond motifs is 1. The largest absolute Gasteiger partial charge is 0.497 e. The third kappa shape index (κ3) is 5.34. The summed E-state index contributed by atoms with van der Waals surface area (Å²) in [6, 6.07) is 13.3. The Balaban J connectivity index is 1.74. The summed E-state index contributed by atoms with van der Waals surface area (Å²) >= 11 is 1.21. The van der Waals surface area contributed by atoms with Crippen molar-refractivity contribution in [3.05, 3.63) is 90.6 Å². The van der Waals surface area contributed by atoms with Gasteiger partial charge in [-0.25, -0.2) is 14.6 Å². The number of hydrogen-bond donors (Lipinski definition) is 1. The number of rotatable bonds is 8. The Kier molecular flexibility index (Phi) is 7.88. The third-order valence-corrected chi connectivity index (χ3v) is 6.70. The molecule has 1 N–H and O–H groups in total. The standard InChI is InChI=1S/C27H27N3O6S/c1-5-35-25(32)18-7-11-19(12-8-18)28-15-21-24(31)30-23(17-9-13-20(34-4)14-10-17)22(26(33)36-6-2)16(3)29-27(30)37-21/h7-15,23,28H,5-6H2,1-4H3/b21-15-/t23-/m0/s1. The highest BCUT2D eigenvalue weighted by Gasteiger charge is 2.33. The number of carbonyl (C=O) groups excluding carboxylic acids is 2. The number of aromatic nitrogens is 1. The molecule has 0 radical (unpaired) electrons. The lowest BCUT2D eigenvalue weighted by molar-refractivity contribution is -0.139. The highest BCUT2D eigenvalue weighted by molar-refractivity contribution is 7.07. The van der Waals surface area contributed by atoms with Crippen LogP contribution in [0.4, 0.5) is 5.69 Å². The van der Waals surface area contributed by atoms with Crippen LogP contribution in [-0.4, -0.2) is 36.8 Å². The quantitative estimate of drug-likeness (QED) is 0.454. The van der Waals surface area contributed by atoms with E-state index in [-0.39, 0.29) is 12.2 Å². The van der Waals surface area contributed by atoms with E-state index in [1.54, 1.807) is 70.5 Å².